The zero-order valence-electron chi connectivity index (χ0n) is 31.8. The number of rotatable bonds is 16. The molecule has 0 radical (unpaired) electrons. The number of imidazole rings is 1. The van der Waals surface area contributed by atoms with Crippen LogP contribution in [0, 0.1) is 0 Å². The van der Waals surface area contributed by atoms with Gasteiger partial charge in [-0.3, -0.25) is 13.6 Å². The molecule has 62 heavy (non-hydrogen) atoms. The van der Waals surface area contributed by atoms with E-state index in [9.17, 15) is 36.8 Å². The predicted octanol–water partition coefficient (Wildman–Crippen LogP) is 7.65. The molecule has 0 spiro atoms. The number of ether oxygens (including phenoxy) is 2. The van der Waals surface area contributed by atoms with Crippen molar-refractivity contribution in [1.29, 1.82) is 0 Å². The van der Waals surface area contributed by atoms with Crippen LogP contribution in [0.2, 0.25) is 0 Å². The quantitative estimate of drug-likeness (QED) is 0.0536. The van der Waals surface area contributed by atoms with Gasteiger partial charge in [-0.1, -0.05) is 84.9 Å². The van der Waals surface area contributed by atoms with Gasteiger partial charge in [0.05, 0.1) is 30.2 Å². The van der Waals surface area contributed by atoms with Crippen molar-refractivity contribution in [2.45, 2.75) is 23.3 Å². The van der Waals surface area contributed by atoms with Crippen LogP contribution in [0.25, 0.3) is 43.5 Å². The molecule has 4 N–H and O–H groups in total. The number of benzene rings is 6. The Morgan fingerprint density at radius 1 is 0.742 bits per heavy atom. The molecule has 0 bridgehead atoms. The Balaban J connectivity index is 0.876. The average Bonchev–Trinajstić information content (AvgIpc) is 3.83. The molecule has 3 heterocycles. The normalized spacial score (nSPS) is 20.0. The van der Waals surface area contributed by atoms with Gasteiger partial charge in [0.15, 0.2) is 39.2 Å². The summed E-state index contributed by atoms with van der Waals surface area (Å²) in [6.07, 6.45) is -1.18. The van der Waals surface area contributed by atoms with Gasteiger partial charge < -0.3 is 29.5 Å². The molecule has 0 saturated carbocycles. The van der Waals surface area contributed by atoms with E-state index in [1.165, 1.54) is 23.3 Å². The van der Waals surface area contributed by atoms with Crippen LogP contribution in [0.4, 0.5) is 11.5 Å². The fourth-order valence-electron chi connectivity index (χ4n) is 7.32. The first-order valence-electron chi connectivity index (χ1n) is 18.6. The van der Waals surface area contributed by atoms with Gasteiger partial charge in [-0.25, -0.2) is 37.1 Å². The van der Waals surface area contributed by atoms with Gasteiger partial charge in [-0.15, -0.1) is 0 Å². The van der Waals surface area contributed by atoms with Crippen molar-refractivity contribution in [3.8, 4) is 5.75 Å². The molecule has 6 atom stereocenters. The maximum atomic E-state index is 13.5. The van der Waals surface area contributed by atoms with Gasteiger partial charge in [0.25, 0.3) is 0 Å². The smallest absolute Gasteiger partial charge is 0.483 e. The summed E-state index contributed by atoms with van der Waals surface area (Å²) in [6, 6.07) is 33.6. The highest BCUT2D eigenvalue weighted by Crippen LogP contribution is 2.68. The van der Waals surface area contributed by atoms with Crippen molar-refractivity contribution < 1.29 is 63.9 Å². The van der Waals surface area contributed by atoms with Gasteiger partial charge in [-0.2, -0.15) is 8.62 Å². The molecule has 9 rings (SSSR count). The highest BCUT2D eigenvalue weighted by Gasteiger charge is 2.49. The largest absolute Gasteiger partial charge is 0.490 e. The Kier molecular flexibility index (Phi) is 11.2. The third-order valence-corrected chi connectivity index (χ3v) is 16.0. The van der Waals surface area contributed by atoms with E-state index in [0.29, 0.717) is 16.7 Å². The molecule has 5 unspecified atom stereocenters. The summed E-state index contributed by atoms with van der Waals surface area (Å²) in [4.78, 5) is 44.4. The maximum absolute atomic E-state index is 13.5. The molecular formula is C39H34N5O14P3S. The summed E-state index contributed by atoms with van der Waals surface area (Å²) in [5.74, 6) is -0.192. The van der Waals surface area contributed by atoms with Crippen LogP contribution >= 0.6 is 23.5 Å². The molecule has 1 aliphatic rings. The molecule has 8 aromatic rings. The van der Waals surface area contributed by atoms with E-state index >= 15 is 0 Å². The van der Waals surface area contributed by atoms with E-state index < -0.39 is 70.7 Å². The fourth-order valence-corrected chi connectivity index (χ4v) is 12.4. The molecule has 19 nitrogen and oxygen atoms in total. The molecule has 1 aliphatic heterocycles. The molecule has 1 fully saturated rings. The van der Waals surface area contributed by atoms with Crippen molar-refractivity contribution in [3.63, 3.8) is 0 Å². The van der Waals surface area contributed by atoms with E-state index in [2.05, 4.69) is 28.9 Å². The number of phosphoric acid groups is 3. The second-order valence-electron chi connectivity index (χ2n) is 13.9. The first-order chi connectivity index (χ1) is 29.7. The molecule has 0 aliphatic carbocycles. The van der Waals surface area contributed by atoms with Crippen LogP contribution < -0.4 is 10.1 Å². The summed E-state index contributed by atoms with van der Waals surface area (Å²) in [5, 5.41) is 7.83. The number of hydrogen-bond donors (Lipinski definition) is 4. The van der Waals surface area contributed by atoms with Gasteiger partial charge in [0.2, 0.25) is 0 Å². The summed E-state index contributed by atoms with van der Waals surface area (Å²) in [5.41, 5.74) is 1.36. The highest BCUT2D eigenvalue weighted by atomic mass is 32.2. The molecule has 23 heteroatoms. The van der Waals surface area contributed by atoms with Crippen molar-refractivity contribution >= 4 is 88.3 Å². The second kappa shape index (κ2) is 16.5. The molecule has 6 aromatic carbocycles. The standard InChI is InChI=1S/C39H34N5O14P3S/c45-59(46,54-20-21-62(51,52)32-19-17-27-15-14-25-8-7-9-26-16-18-30(32)34(27)33(25)26)57-61(49,50)58-60(47,48)56-31-22-53-39(36(31)55-29-12-5-2-6-13-29)44-24-42-35-37(40-23-41-38(35)44)43-28-10-3-1-4-11-28/h1-19,23-24,31,36,39H,20-22H2,(H,45,46)(H,47,48)(H,49,50)(H,40,41,43)/t31?,36?,39-/m1/s1. The number of fused-ring (bicyclic) bond motifs is 1. The molecule has 320 valence electrons. The summed E-state index contributed by atoms with van der Waals surface area (Å²) >= 11 is 0. The zero-order valence-corrected chi connectivity index (χ0v) is 35.3. The van der Waals surface area contributed by atoms with Crippen LogP contribution in [0.3, 0.4) is 0 Å². The predicted molar refractivity (Wildman–Crippen MR) is 226 cm³/mol. The van der Waals surface area contributed by atoms with Crippen molar-refractivity contribution in [1.82, 2.24) is 19.5 Å². The Labute approximate surface area is 351 Å². The van der Waals surface area contributed by atoms with E-state index in [4.69, 9.17) is 18.5 Å². The molecular weight excluding hydrogens is 887 g/mol. The Hall–Kier alpha value is -5.17. The van der Waals surface area contributed by atoms with Crippen molar-refractivity contribution in [2.24, 2.45) is 0 Å². The fraction of sp³-hybridized carbons (Fsp3) is 0.154. The zero-order chi connectivity index (χ0) is 43.3. The highest BCUT2D eigenvalue weighted by molar-refractivity contribution is 7.91. The Bertz CT molecular complexity index is 3190. The number of phosphoric ester groups is 2. The van der Waals surface area contributed by atoms with Crippen molar-refractivity contribution in [2.75, 3.05) is 24.3 Å². The van der Waals surface area contributed by atoms with Crippen LogP contribution in [0.5, 0.6) is 5.75 Å². The Morgan fingerprint density at radius 2 is 1.40 bits per heavy atom. The number of nitrogens with one attached hydrogen (secondary N) is 1. The lowest BCUT2D eigenvalue weighted by Gasteiger charge is -2.26. The van der Waals surface area contributed by atoms with Crippen LogP contribution in [0.1, 0.15) is 6.23 Å². The SMILES string of the molecule is O=P(O)(OCCS(=O)(=O)c1ccc2ccc3cccc4ccc1c2c34)OP(=O)(O)OP(=O)(O)OC1CO[C@@H](n2cnc3c(Nc4ccccc4)ncnc32)C1Oc1ccccc1. The minimum atomic E-state index is -5.96. The lowest BCUT2D eigenvalue weighted by molar-refractivity contribution is -0.00264. The monoisotopic (exact) mass is 921 g/mol. The summed E-state index contributed by atoms with van der Waals surface area (Å²) in [6.45, 7) is -1.42. The van der Waals surface area contributed by atoms with E-state index in [0.717, 1.165) is 32.6 Å². The van der Waals surface area contributed by atoms with E-state index in [1.807, 2.05) is 60.7 Å². The summed E-state index contributed by atoms with van der Waals surface area (Å²) < 4.78 is 98.4. The second-order valence-corrected chi connectivity index (χ2v) is 20.6. The van der Waals surface area contributed by atoms with Gasteiger partial charge >= 0.3 is 23.5 Å². The number of para-hydroxylation sites is 2. The molecule has 2 aromatic heterocycles. The van der Waals surface area contributed by atoms with Gasteiger partial charge in [-0.05, 0) is 57.3 Å². The van der Waals surface area contributed by atoms with Gasteiger partial charge in [0.1, 0.15) is 18.2 Å². The average molecular weight is 922 g/mol. The van der Waals surface area contributed by atoms with Crippen LogP contribution in [-0.4, -0.2) is 73.8 Å². The molecule has 0 amide bonds. The molecule has 1 saturated heterocycles. The maximum Gasteiger partial charge on any atom is 0.490 e. The van der Waals surface area contributed by atoms with E-state index in [1.54, 1.807) is 48.5 Å². The Morgan fingerprint density at radius 3 is 2.15 bits per heavy atom. The number of aromatic nitrogens is 4. The van der Waals surface area contributed by atoms with E-state index in [-0.39, 0.29) is 16.3 Å². The van der Waals surface area contributed by atoms with Crippen LogP contribution in [-0.2, 0) is 45.9 Å². The number of sulfone groups is 1. The topological polar surface area (TPSA) is 257 Å². The third-order valence-electron chi connectivity index (χ3n) is 9.88. The van der Waals surface area contributed by atoms with Crippen LogP contribution in [0.15, 0.2) is 133 Å². The lowest BCUT2D eigenvalue weighted by Crippen LogP contribution is -2.35. The minimum absolute atomic E-state index is 0.0675. The number of anilines is 2. The number of hydrogen-bond acceptors (Lipinski definition) is 15. The number of nitrogens with zero attached hydrogens (tertiary/aromatic N) is 4. The first kappa shape index (κ1) is 42.1. The van der Waals surface area contributed by atoms with Gasteiger partial charge in [0, 0.05) is 11.1 Å². The third kappa shape index (κ3) is 8.74. The lowest BCUT2D eigenvalue weighted by atomic mass is 9.94. The minimum Gasteiger partial charge on any atom is -0.483 e. The first-order valence-corrected chi connectivity index (χ1v) is 24.8. The van der Waals surface area contributed by atoms with Crippen molar-refractivity contribution in [3.05, 3.63) is 128 Å². The summed E-state index contributed by atoms with van der Waals surface area (Å²) in [7, 11) is -21.5.